The first-order valence-electron chi connectivity index (χ1n) is 24.2. The standard InChI is InChI=1S/C66H45N3Si/c1-5-19-48(20-6-1)67-62-31-17-14-28-56(62)59-43-46(33-41-64(59)67)47-34-42-65-60(44-47)57-29-15-18-32-63(57)69(65)50-37-40-58-55-27-13-16-30-61(55)68(66(58)45-50)49-35-38-54(39-36-49)70(51-21-7-2-8-22-51,52-23-9-3-10-24-52)53-25-11-4-12-26-53/h1-45H. The maximum absolute atomic E-state index is 2.69. The van der Waals surface area contributed by atoms with Gasteiger partial charge < -0.3 is 13.7 Å². The molecule has 0 atom stereocenters. The topological polar surface area (TPSA) is 14.8 Å². The van der Waals surface area contributed by atoms with Crippen LogP contribution in [0.2, 0.25) is 0 Å². The highest BCUT2D eigenvalue weighted by Gasteiger charge is 2.41. The molecule has 3 heterocycles. The second-order valence-corrected chi connectivity index (χ2v) is 22.3. The van der Waals surface area contributed by atoms with Gasteiger partial charge in [0.1, 0.15) is 0 Å². The molecule has 4 heteroatoms. The summed E-state index contributed by atoms with van der Waals surface area (Å²) in [7, 11) is -2.69. The average molecular weight is 908 g/mol. The Morgan fingerprint density at radius 2 is 0.529 bits per heavy atom. The lowest BCUT2D eigenvalue weighted by atomic mass is 10.0. The maximum atomic E-state index is 2.46. The van der Waals surface area contributed by atoms with E-state index in [0.29, 0.717) is 0 Å². The fraction of sp³-hybridized carbons (Fsp3) is 0. The molecular formula is C66H45N3Si. The lowest BCUT2D eigenvalue weighted by molar-refractivity contribution is 1.16. The molecule has 0 saturated heterocycles. The molecule has 0 saturated carbocycles. The Morgan fingerprint density at radius 3 is 1.01 bits per heavy atom. The number of nitrogens with zero attached hydrogens (tertiary/aromatic N) is 3. The second-order valence-electron chi connectivity index (χ2n) is 18.5. The minimum absolute atomic E-state index is 1.13. The normalized spacial score (nSPS) is 12.0. The Balaban J connectivity index is 0.919. The molecule has 0 aliphatic carbocycles. The summed E-state index contributed by atoms with van der Waals surface area (Å²) < 4.78 is 7.30. The smallest absolute Gasteiger partial charge is 0.179 e. The third kappa shape index (κ3) is 6.07. The number of fused-ring (bicyclic) bond motifs is 9. The third-order valence-electron chi connectivity index (χ3n) is 14.8. The summed E-state index contributed by atoms with van der Waals surface area (Å²) in [5, 5.41) is 12.9. The van der Waals surface area contributed by atoms with Crippen molar-refractivity contribution in [2.45, 2.75) is 0 Å². The molecule has 0 bridgehead atoms. The van der Waals surface area contributed by atoms with Crippen molar-refractivity contribution >= 4 is 94.2 Å². The first-order chi connectivity index (χ1) is 34.7. The number of benzene rings is 11. The summed E-state index contributed by atoms with van der Waals surface area (Å²) in [6.07, 6.45) is 0. The molecule has 70 heavy (non-hydrogen) atoms. The fourth-order valence-electron chi connectivity index (χ4n) is 11.7. The van der Waals surface area contributed by atoms with Crippen LogP contribution in [0.25, 0.3) is 93.6 Å². The third-order valence-corrected chi connectivity index (χ3v) is 19.6. The molecule has 0 aliphatic heterocycles. The Labute approximate surface area is 407 Å². The molecule has 11 aromatic carbocycles. The fourth-order valence-corrected chi connectivity index (χ4v) is 16.5. The molecule has 0 radical (unpaired) electrons. The van der Waals surface area contributed by atoms with Gasteiger partial charge in [0, 0.05) is 49.4 Å². The first-order valence-corrected chi connectivity index (χ1v) is 26.2. The summed E-state index contributed by atoms with van der Waals surface area (Å²) in [6, 6.07) is 101. The van der Waals surface area contributed by atoms with Crippen molar-refractivity contribution in [3.8, 4) is 28.2 Å². The van der Waals surface area contributed by atoms with E-state index in [0.717, 1.165) is 11.4 Å². The molecule has 0 N–H and O–H groups in total. The highest BCUT2D eigenvalue weighted by molar-refractivity contribution is 7.19. The number of hydrogen-bond acceptors (Lipinski definition) is 0. The van der Waals surface area contributed by atoms with Crippen LogP contribution in [-0.4, -0.2) is 21.8 Å². The van der Waals surface area contributed by atoms with Crippen molar-refractivity contribution in [2.24, 2.45) is 0 Å². The molecule has 3 nitrogen and oxygen atoms in total. The van der Waals surface area contributed by atoms with Crippen molar-refractivity contribution in [3.63, 3.8) is 0 Å². The quantitative estimate of drug-likeness (QED) is 0.107. The maximum Gasteiger partial charge on any atom is 0.179 e. The molecule has 0 aliphatic rings. The predicted octanol–water partition coefficient (Wildman–Crippen LogP) is 14.0. The van der Waals surface area contributed by atoms with Gasteiger partial charge in [-0.05, 0) is 111 Å². The molecule has 0 fully saturated rings. The van der Waals surface area contributed by atoms with Crippen LogP contribution >= 0.6 is 0 Å². The second kappa shape index (κ2) is 16.1. The summed E-state index contributed by atoms with van der Waals surface area (Å²) in [6.45, 7) is 0. The minimum atomic E-state index is -2.69. The summed E-state index contributed by atoms with van der Waals surface area (Å²) >= 11 is 0. The van der Waals surface area contributed by atoms with E-state index in [2.05, 4.69) is 287 Å². The van der Waals surface area contributed by atoms with Gasteiger partial charge in [0.05, 0.1) is 33.1 Å². The van der Waals surface area contributed by atoms with Gasteiger partial charge in [0.15, 0.2) is 8.07 Å². The van der Waals surface area contributed by atoms with Gasteiger partial charge in [-0.2, -0.15) is 0 Å². The number of para-hydroxylation sites is 4. The molecule has 3 aromatic heterocycles. The van der Waals surface area contributed by atoms with E-state index in [4.69, 9.17) is 0 Å². The van der Waals surface area contributed by atoms with Crippen LogP contribution < -0.4 is 20.7 Å². The monoisotopic (exact) mass is 907 g/mol. The van der Waals surface area contributed by atoms with Crippen LogP contribution in [0.4, 0.5) is 0 Å². The van der Waals surface area contributed by atoms with Crippen LogP contribution in [0.3, 0.4) is 0 Å². The molecule has 0 unspecified atom stereocenters. The van der Waals surface area contributed by atoms with E-state index in [1.54, 1.807) is 0 Å². The zero-order chi connectivity index (χ0) is 46.2. The lowest BCUT2D eigenvalue weighted by Crippen LogP contribution is -2.74. The van der Waals surface area contributed by atoms with Crippen LogP contribution in [0.1, 0.15) is 0 Å². The van der Waals surface area contributed by atoms with Crippen LogP contribution in [0, 0.1) is 0 Å². The number of aromatic nitrogens is 3. The molecule has 14 rings (SSSR count). The van der Waals surface area contributed by atoms with E-state index in [1.807, 2.05) is 0 Å². The molecule has 328 valence electrons. The van der Waals surface area contributed by atoms with Crippen LogP contribution in [0.5, 0.6) is 0 Å². The predicted molar refractivity (Wildman–Crippen MR) is 299 cm³/mol. The number of hydrogen-bond donors (Lipinski definition) is 0. The van der Waals surface area contributed by atoms with Crippen LogP contribution in [-0.2, 0) is 0 Å². The van der Waals surface area contributed by atoms with Crippen LogP contribution in [0.15, 0.2) is 273 Å². The van der Waals surface area contributed by atoms with Crippen molar-refractivity contribution < 1.29 is 0 Å². The van der Waals surface area contributed by atoms with E-state index in [1.165, 1.54) is 103 Å². The Morgan fingerprint density at radius 1 is 0.200 bits per heavy atom. The van der Waals surface area contributed by atoms with Gasteiger partial charge in [-0.1, -0.05) is 194 Å². The lowest BCUT2D eigenvalue weighted by Gasteiger charge is -2.34. The zero-order valence-corrected chi connectivity index (χ0v) is 39.3. The molecule has 0 spiro atoms. The largest absolute Gasteiger partial charge is 0.309 e. The van der Waals surface area contributed by atoms with Crippen molar-refractivity contribution in [1.29, 1.82) is 0 Å². The Kier molecular flexibility index (Phi) is 9.23. The minimum Gasteiger partial charge on any atom is -0.309 e. The van der Waals surface area contributed by atoms with E-state index < -0.39 is 8.07 Å². The summed E-state index contributed by atoms with van der Waals surface area (Å²) in [4.78, 5) is 0. The van der Waals surface area contributed by atoms with Gasteiger partial charge in [-0.25, -0.2) is 0 Å². The van der Waals surface area contributed by atoms with Crippen molar-refractivity contribution in [2.75, 3.05) is 0 Å². The number of rotatable bonds is 8. The van der Waals surface area contributed by atoms with Crippen molar-refractivity contribution in [1.82, 2.24) is 13.7 Å². The molecule has 14 aromatic rings. The van der Waals surface area contributed by atoms with Gasteiger partial charge in [0.2, 0.25) is 0 Å². The van der Waals surface area contributed by atoms with Gasteiger partial charge >= 0.3 is 0 Å². The molecular weight excluding hydrogens is 863 g/mol. The Bertz CT molecular complexity index is 4170. The first kappa shape index (κ1) is 40.1. The van der Waals surface area contributed by atoms with Gasteiger partial charge in [-0.3, -0.25) is 0 Å². The van der Waals surface area contributed by atoms with Gasteiger partial charge in [-0.15, -0.1) is 0 Å². The average Bonchev–Trinajstić information content (AvgIpc) is 4.07. The highest BCUT2D eigenvalue weighted by Crippen LogP contribution is 2.40. The highest BCUT2D eigenvalue weighted by atomic mass is 28.3. The van der Waals surface area contributed by atoms with Crippen molar-refractivity contribution in [3.05, 3.63) is 273 Å². The Hall–Kier alpha value is -8.96. The van der Waals surface area contributed by atoms with E-state index in [-0.39, 0.29) is 0 Å². The summed E-state index contributed by atoms with van der Waals surface area (Å²) in [5.41, 5.74) is 13.0. The zero-order valence-electron chi connectivity index (χ0n) is 38.3. The molecule has 0 amide bonds. The van der Waals surface area contributed by atoms with E-state index >= 15 is 0 Å². The van der Waals surface area contributed by atoms with E-state index in [9.17, 15) is 0 Å². The van der Waals surface area contributed by atoms with Gasteiger partial charge in [0.25, 0.3) is 0 Å². The SMILES string of the molecule is c1ccc(-n2c3ccccc3c3cc(-c4ccc5c(c4)c4ccccc4n5-c4ccc5c6ccccc6n(-c6ccc([Si](c7ccccc7)(c7ccccc7)c7ccccc7)cc6)c5c4)ccc32)cc1. The summed E-state index contributed by atoms with van der Waals surface area (Å²) in [5.74, 6) is 0.